The predicted molar refractivity (Wildman–Crippen MR) is 136 cm³/mol. The topological polar surface area (TPSA) is 111 Å². The van der Waals surface area contributed by atoms with E-state index in [0.717, 1.165) is 12.3 Å². The second kappa shape index (κ2) is 10.5. The van der Waals surface area contributed by atoms with Crippen molar-refractivity contribution >= 4 is 29.3 Å². The van der Waals surface area contributed by atoms with Gasteiger partial charge < -0.3 is 20.2 Å². The fourth-order valence-corrected chi connectivity index (χ4v) is 4.99. The maximum absolute atomic E-state index is 13.2. The van der Waals surface area contributed by atoms with Crippen LogP contribution in [-0.2, 0) is 4.79 Å². The first-order valence-electron chi connectivity index (χ1n) is 12.6. The van der Waals surface area contributed by atoms with Gasteiger partial charge in [-0.3, -0.25) is 9.59 Å². The lowest BCUT2D eigenvalue weighted by atomic mass is 10.1. The van der Waals surface area contributed by atoms with Gasteiger partial charge >= 0.3 is 0 Å². The molecular weight excluding hydrogens is 480 g/mol. The van der Waals surface area contributed by atoms with Crippen LogP contribution in [0.1, 0.15) is 41.7 Å². The van der Waals surface area contributed by atoms with Gasteiger partial charge in [-0.1, -0.05) is 36.6 Å². The fraction of sp³-hybridized carbons (Fsp3) is 0.500. The van der Waals surface area contributed by atoms with Gasteiger partial charge in [0, 0.05) is 51.4 Å². The summed E-state index contributed by atoms with van der Waals surface area (Å²) in [5.74, 6) is 0.815. The van der Waals surface area contributed by atoms with Gasteiger partial charge in [0.05, 0.1) is 10.6 Å². The second-order valence-corrected chi connectivity index (χ2v) is 10.2. The average Bonchev–Trinajstić information content (AvgIpc) is 3.84. The first-order valence-corrected chi connectivity index (χ1v) is 13.0. The van der Waals surface area contributed by atoms with E-state index in [1.807, 2.05) is 11.0 Å². The van der Waals surface area contributed by atoms with Crippen molar-refractivity contribution in [1.82, 2.24) is 25.3 Å². The van der Waals surface area contributed by atoms with E-state index < -0.39 is 5.54 Å². The van der Waals surface area contributed by atoms with E-state index >= 15 is 0 Å². The van der Waals surface area contributed by atoms with Gasteiger partial charge in [-0.2, -0.15) is 5.10 Å². The van der Waals surface area contributed by atoms with Crippen LogP contribution in [0.4, 0.5) is 0 Å². The lowest BCUT2D eigenvalue weighted by molar-refractivity contribution is -0.123. The van der Waals surface area contributed by atoms with Crippen molar-refractivity contribution in [3.63, 3.8) is 0 Å². The molecule has 3 fully saturated rings. The first-order chi connectivity index (χ1) is 17.5. The molecular formula is C26H31ClN6O3. The van der Waals surface area contributed by atoms with Crippen LogP contribution in [0.2, 0.25) is 5.02 Å². The molecule has 2 aliphatic carbocycles. The van der Waals surface area contributed by atoms with Crippen molar-refractivity contribution in [3.8, 4) is 0 Å². The maximum Gasteiger partial charge on any atom is 0.255 e. The standard InChI is InChI=1S/C26H31ClN6O3/c27-21-5-2-1-4-20(21)24(35)33-14-12-32(13-15-33)23(22-6-3-10-29-31-22)30-26(16-19(26)17-34)25(36)28-11-9-18-7-8-18/h1-6,10,18-19,34H,7-9,11-17H2,(H,28,36). The number of amides is 2. The van der Waals surface area contributed by atoms with Crippen LogP contribution >= 0.6 is 11.6 Å². The minimum Gasteiger partial charge on any atom is -0.396 e. The van der Waals surface area contributed by atoms with Crippen molar-refractivity contribution in [1.29, 1.82) is 0 Å². The second-order valence-electron chi connectivity index (χ2n) is 9.80. The van der Waals surface area contributed by atoms with Crippen molar-refractivity contribution in [2.24, 2.45) is 16.8 Å². The van der Waals surface area contributed by atoms with E-state index in [9.17, 15) is 14.7 Å². The van der Waals surface area contributed by atoms with Crippen LogP contribution in [0.3, 0.4) is 0 Å². The summed E-state index contributed by atoms with van der Waals surface area (Å²) in [5.41, 5.74) is 0.0495. The molecule has 0 bridgehead atoms. The summed E-state index contributed by atoms with van der Waals surface area (Å²) in [6.07, 6.45) is 5.54. The minimum absolute atomic E-state index is 0.104. The van der Waals surface area contributed by atoms with E-state index in [4.69, 9.17) is 16.6 Å². The highest BCUT2D eigenvalue weighted by atomic mass is 35.5. The molecule has 3 aliphatic rings. The number of hydrogen-bond donors (Lipinski definition) is 2. The van der Waals surface area contributed by atoms with Crippen molar-refractivity contribution < 1.29 is 14.7 Å². The molecule has 10 heteroatoms. The van der Waals surface area contributed by atoms with Crippen LogP contribution in [0, 0.1) is 11.8 Å². The molecule has 2 heterocycles. The highest BCUT2D eigenvalue weighted by Gasteiger charge is 2.60. The third kappa shape index (κ3) is 5.22. The van der Waals surface area contributed by atoms with Crippen LogP contribution in [-0.4, -0.2) is 87.6 Å². The van der Waals surface area contributed by atoms with Gasteiger partial charge in [0.25, 0.3) is 5.91 Å². The van der Waals surface area contributed by atoms with Crippen molar-refractivity contribution in [2.75, 3.05) is 39.3 Å². The Morgan fingerprint density at radius 2 is 1.86 bits per heavy atom. The smallest absolute Gasteiger partial charge is 0.255 e. The summed E-state index contributed by atoms with van der Waals surface area (Å²) in [6.45, 7) is 2.53. The molecule has 190 valence electrons. The third-order valence-electron chi connectivity index (χ3n) is 7.30. The number of benzene rings is 1. The monoisotopic (exact) mass is 510 g/mol. The zero-order valence-electron chi connectivity index (χ0n) is 20.1. The Morgan fingerprint density at radius 1 is 1.11 bits per heavy atom. The zero-order chi connectivity index (χ0) is 25.1. The molecule has 2 amide bonds. The number of hydrogen-bond acceptors (Lipinski definition) is 6. The summed E-state index contributed by atoms with van der Waals surface area (Å²) >= 11 is 6.24. The minimum atomic E-state index is -1.00. The molecule has 1 aliphatic heterocycles. The Hall–Kier alpha value is -3.04. The van der Waals surface area contributed by atoms with E-state index in [1.165, 1.54) is 12.8 Å². The van der Waals surface area contributed by atoms with Gasteiger partial charge in [0.1, 0.15) is 11.2 Å². The van der Waals surface area contributed by atoms with Crippen LogP contribution in [0.25, 0.3) is 0 Å². The van der Waals surface area contributed by atoms with Gasteiger partial charge in [-0.05, 0) is 43.0 Å². The number of aliphatic hydroxyl groups is 1. The van der Waals surface area contributed by atoms with Gasteiger partial charge in [0.15, 0.2) is 5.84 Å². The molecule has 0 radical (unpaired) electrons. The molecule has 2 unspecified atom stereocenters. The first kappa shape index (κ1) is 24.6. The molecule has 5 rings (SSSR count). The molecule has 2 N–H and O–H groups in total. The summed E-state index contributed by atoms with van der Waals surface area (Å²) < 4.78 is 0. The highest BCUT2D eigenvalue weighted by molar-refractivity contribution is 6.33. The number of carbonyl (C=O) groups is 2. The normalized spacial score (nSPS) is 23.9. The van der Waals surface area contributed by atoms with Crippen LogP contribution in [0.15, 0.2) is 47.6 Å². The summed E-state index contributed by atoms with van der Waals surface area (Å²) in [6, 6.07) is 10.7. The number of carbonyl (C=O) groups excluding carboxylic acids is 2. The number of piperazine rings is 1. The Bertz CT molecular complexity index is 1130. The Morgan fingerprint density at radius 3 is 2.50 bits per heavy atom. The average molecular weight is 511 g/mol. The number of aromatic nitrogens is 2. The quantitative estimate of drug-likeness (QED) is 0.415. The molecule has 2 aromatic rings. The maximum atomic E-state index is 13.2. The van der Waals surface area contributed by atoms with Gasteiger partial charge in [-0.15, -0.1) is 5.10 Å². The van der Waals surface area contributed by atoms with Crippen molar-refractivity contribution in [3.05, 3.63) is 58.9 Å². The number of rotatable bonds is 8. The van der Waals surface area contributed by atoms with E-state index in [-0.39, 0.29) is 24.3 Å². The van der Waals surface area contributed by atoms with Gasteiger partial charge in [0.2, 0.25) is 5.91 Å². The highest BCUT2D eigenvalue weighted by Crippen LogP contribution is 2.47. The van der Waals surface area contributed by atoms with Crippen molar-refractivity contribution in [2.45, 2.75) is 31.2 Å². The van der Waals surface area contributed by atoms with E-state index in [2.05, 4.69) is 15.5 Å². The number of nitrogens with one attached hydrogen (secondary N) is 1. The van der Waals surface area contributed by atoms with Gasteiger partial charge in [-0.25, -0.2) is 4.99 Å². The fourth-order valence-electron chi connectivity index (χ4n) is 4.77. The van der Waals surface area contributed by atoms with E-state index in [1.54, 1.807) is 41.4 Å². The molecule has 36 heavy (non-hydrogen) atoms. The largest absolute Gasteiger partial charge is 0.396 e. The summed E-state index contributed by atoms with van der Waals surface area (Å²) in [4.78, 5) is 35.0. The number of nitrogens with zero attached hydrogens (tertiary/aromatic N) is 5. The molecule has 2 saturated carbocycles. The van der Waals surface area contributed by atoms with Crippen LogP contribution < -0.4 is 5.32 Å². The molecule has 1 aromatic carbocycles. The Kier molecular flexibility index (Phi) is 7.20. The molecule has 9 nitrogen and oxygen atoms in total. The lowest BCUT2D eigenvalue weighted by Crippen LogP contribution is -2.51. The number of aliphatic imine (C=N–C) groups is 1. The summed E-state index contributed by atoms with van der Waals surface area (Å²) in [7, 11) is 0. The molecule has 1 saturated heterocycles. The SMILES string of the molecule is O=C(c1ccccc1Cl)N1CCN(C(=NC2(C(=O)NCCC3CC3)CC2CO)c2cccnn2)CC1. The number of halogens is 1. The summed E-state index contributed by atoms with van der Waals surface area (Å²) in [5, 5.41) is 21.7. The van der Waals surface area contributed by atoms with E-state index in [0.29, 0.717) is 61.3 Å². The molecule has 2 atom stereocenters. The Labute approximate surface area is 215 Å². The van der Waals surface area contributed by atoms with Crippen LogP contribution in [0.5, 0.6) is 0 Å². The zero-order valence-corrected chi connectivity index (χ0v) is 20.9. The number of aliphatic hydroxyl groups excluding tert-OH is 1. The molecule has 1 aromatic heterocycles. The number of amidine groups is 1. The lowest BCUT2D eigenvalue weighted by Gasteiger charge is -2.37. The Balaban J connectivity index is 1.34. The third-order valence-corrected chi connectivity index (χ3v) is 7.63. The molecule has 0 spiro atoms. The predicted octanol–water partition coefficient (Wildman–Crippen LogP) is 2.00.